The van der Waals surface area contributed by atoms with Gasteiger partial charge in [-0.05, 0) is 83.5 Å². The first-order chi connectivity index (χ1) is 14.5. The molecular formula is C24H33F3N2OS. The average molecular weight is 455 g/mol. The summed E-state index contributed by atoms with van der Waals surface area (Å²) < 4.78 is 49.1. The Kier molecular flexibility index (Phi) is 6.90. The predicted molar refractivity (Wildman–Crippen MR) is 119 cm³/mol. The number of aromatic nitrogens is 1. The highest BCUT2D eigenvalue weighted by Crippen LogP contribution is 2.55. The maximum Gasteiger partial charge on any atom is 0.417 e. The van der Waals surface area contributed by atoms with Crippen molar-refractivity contribution in [2.24, 2.45) is 5.41 Å². The summed E-state index contributed by atoms with van der Waals surface area (Å²) in [4.78, 5) is 7.70. The molecule has 3 nitrogen and oxygen atoms in total. The maximum absolute atomic E-state index is 14.5. The lowest BCUT2D eigenvalue weighted by Crippen LogP contribution is -2.60. The van der Waals surface area contributed by atoms with Crippen LogP contribution in [0.4, 0.5) is 13.2 Å². The second-order valence-electron chi connectivity index (χ2n) is 9.24. The molecule has 0 N–H and O–H groups in total. The van der Waals surface area contributed by atoms with Crippen LogP contribution in [0.5, 0.6) is 0 Å². The fraction of sp³-hybridized carbons (Fsp3) is 0.625. The van der Waals surface area contributed by atoms with Crippen LogP contribution >= 0.6 is 11.3 Å². The number of pyridine rings is 1. The largest absolute Gasteiger partial charge is 0.417 e. The Bertz CT molecular complexity index is 851. The van der Waals surface area contributed by atoms with Crippen molar-refractivity contribution in [1.29, 1.82) is 0 Å². The van der Waals surface area contributed by atoms with E-state index in [1.165, 1.54) is 6.92 Å². The van der Waals surface area contributed by atoms with E-state index in [2.05, 4.69) is 23.7 Å². The van der Waals surface area contributed by atoms with Gasteiger partial charge in [-0.3, -0.25) is 9.88 Å². The van der Waals surface area contributed by atoms with Gasteiger partial charge in [0.25, 0.3) is 0 Å². The average Bonchev–Trinajstić information content (AvgIpc) is 3.37. The molecule has 3 heterocycles. The zero-order chi connectivity index (χ0) is 22.9. The Morgan fingerprint density at radius 3 is 2.48 bits per heavy atom. The highest BCUT2D eigenvalue weighted by Gasteiger charge is 2.66. The molecule has 31 heavy (non-hydrogen) atoms. The summed E-state index contributed by atoms with van der Waals surface area (Å²) >= 11 is 1.60. The molecule has 0 amide bonds. The first kappa shape index (κ1) is 24.2. The van der Waals surface area contributed by atoms with E-state index in [-0.39, 0.29) is 6.61 Å². The Labute approximate surface area is 187 Å². The molecule has 2 unspecified atom stereocenters. The summed E-state index contributed by atoms with van der Waals surface area (Å²) in [6.45, 7) is 9.92. The van der Waals surface area contributed by atoms with Crippen LogP contribution in [0.25, 0.3) is 0 Å². The number of hydrogen-bond acceptors (Lipinski definition) is 4. The van der Waals surface area contributed by atoms with E-state index in [0.717, 1.165) is 16.1 Å². The Hall–Kier alpha value is -1.44. The molecule has 2 atom stereocenters. The van der Waals surface area contributed by atoms with Gasteiger partial charge in [-0.15, -0.1) is 11.3 Å². The van der Waals surface area contributed by atoms with Crippen LogP contribution in [0.15, 0.2) is 35.8 Å². The number of alkyl halides is 3. The number of rotatable bonds is 8. The van der Waals surface area contributed by atoms with Gasteiger partial charge in [0.2, 0.25) is 0 Å². The first-order valence-corrected chi connectivity index (χ1v) is 11.7. The van der Waals surface area contributed by atoms with Crippen LogP contribution in [-0.4, -0.2) is 41.4 Å². The molecule has 3 rings (SSSR count). The number of hydrogen-bond donors (Lipinski definition) is 0. The summed E-state index contributed by atoms with van der Waals surface area (Å²) in [5, 5.41) is 1.97. The van der Waals surface area contributed by atoms with Crippen LogP contribution in [0.3, 0.4) is 0 Å². The van der Waals surface area contributed by atoms with E-state index in [0.29, 0.717) is 32.4 Å². The number of nitrogens with zero attached hydrogens (tertiary/aromatic N) is 2. The molecular weight excluding hydrogens is 421 g/mol. The van der Waals surface area contributed by atoms with Crippen molar-refractivity contribution in [1.82, 2.24) is 9.88 Å². The van der Waals surface area contributed by atoms with Crippen molar-refractivity contribution >= 4 is 11.3 Å². The van der Waals surface area contributed by atoms with E-state index >= 15 is 0 Å². The first-order valence-electron chi connectivity index (χ1n) is 10.9. The maximum atomic E-state index is 14.5. The lowest BCUT2D eigenvalue weighted by Gasteiger charge is -2.48. The molecule has 7 heteroatoms. The van der Waals surface area contributed by atoms with E-state index < -0.39 is 22.7 Å². The van der Waals surface area contributed by atoms with Crippen molar-refractivity contribution in [3.8, 4) is 0 Å². The van der Waals surface area contributed by atoms with Crippen molar-refractivity contribution in [3.63, 3.8) is 0 Å². The minimum Gasteiger partial charge on any atom is -0.365 e. The Morgan fingerprint density at radius 2 is 1.94 bits per heavy atom. The van der Waals surface area contributed by atoms with Gasteiger partial charge in [0.05, 0.1) is 0 Å². The van der Waals surface area contributed by atoms with E-state index in [9.17, 15) is 13.2 Å². The number of halogens is 3. The minimum absolute atomic E-state index is 0.0298. The van der Waals surface area contributed by atoms with Gasteiger partial charge in [-0.25, -0.2) is 0 Å². The summed E-state index contributed by atoms with van der Waals surface area (Å²) in [5.74, 6) is 0. The highest BCUT2D eigenvalue weighted by molar-refractivity contribution is 7.09. The summed E-state index contributed by atoms with van der Waals surface area (Å²) in [6, 6.07) is 7.93. The second kappa shape index (κ2) is 8.83. The zero-order valence-corrected chi connectivity index (χ0v) is 19.9. The predicted octanol–water partition coefficient (Wildman–Crippen LogP) is 6.37. The second-order valence-corrected chi connectivity index (χ2v) is 10.3. The van der Waals surface area contributed by atoms with Crippen LogP contribution in [-0.2, 0) is 16.7 Å². The van der Waals surface area contributed by atoms with Gasteiger partial charge in [0.1, 0.15) is 0 Å². The smallest absolute Gasteiger partial charge is 0.365 e. The lowest BCUT2D eigenvalue weighted by atomic mass is 9.68. The molecule has 1 saturated heterocycles. The van der Waals surface area contributed by atoms with Crippen molar-refractivity contribution in [3.05, 3.63) is 52.0 Å². The topological polar surface area (TPSA) is 25.4 Å². The van der Waals surface area contributed by atoms with Crippen molar-refractivity contribution in [2.75, 3.05) is 19.7 Å². The molecule has 0 saturated carbocycles. The summed E-state index contributed by atoms with van der Waals surface area (Å²) in [6.07, 6.45) is -1.12. The van der Waals surface area contributed by atoms with Crippen molar-refractivity contribution < 1.29 is 17.9 Å². The molecule has 1 aliphatic rings. The van der Waals surface area contributed by atoms with Crippen LogP contribution < -0.4 is 0 Å². The molecule has 2 aromatic heterocycles. The summed E-state index contributed by atoms with van der Waals surface area (Å²) in [7, 11) is 0. The third kappa shape index (κ3) is 4.55. The monoisotopic (exact) mass is 454 g/mol. The van der Waals surface area contributed by atoms with Gasteiger partial charge in [-0.1, -0.05) is 12.1 Å². The molecule has 0 aliphatic carbocycles. The van der Waals surface area contributed by atoms with E-state index in [1.54, 1.807) is 18.3 Å². The van der Waals surface area contributed by atoms with Gasteiger partial charge in [-0.2, -0.15) is 13.2 Å². The molecule has 2 aromatic rings. The number of likely N-dealkylation sites (tertiary alicyclic amines) is 1. The molecule has 0 radical (unpaired) electrons. The van der Waals surface area contributed by atoms with Gasteiger partial charge >= 0.3 is 6.18 Å². The normalized spacial score (nSPS) is 22.6. The molecule has 172 valence electrons. The molecule has 0 aromatic carbocycles. The lowest BCUT2D eigenvalue weighted by molar-refractivity contribution is -0.311. The zero-order valence-electron chi connectivity index (χ0n) is 19.1. The standard InChI is InChI=1S/C24H33F3N2OS/c1-6-30-22(5,24(25,26)27)23(12-11-20-8-7-15-31-20)13-14-29(17-23)21(3,4)19-10-9-18(2)28-16-19/h7-10,15-16H,6,11-14,17H2,1-5H3. The van der Waals surface area contributed by atoms with Crippen molar-refractivity contribution in [2.45, 2.75) is 71.2 Å². The Balaban J connectivity index is 1.96. The number of aryl methyl sites for hydroxylation is 2. The van der Waals surface area contributed by atoms with E-state index in [1.807, 2.05) is 42.8 Å². The van der Waals surface area contributed by atoms with Crippen LogP contribution in [0.2, 0.25) is 0 Å². The third-order valence-corrected chi connectivity index (χ3v) is 8.11. The van der Waals surface area contributed by atoms with Crippen LogP contribution in [0.1, 0.15) is 56.7 Å². The molecule has 0 spiro atoms. The van der Waals surface area contributed by atoms with Gasteiger partial charge < -0.3 is 4.74 Å². The number of thiophene rings is 1. The summed E-state index contributed by atoms with van der Waals surface area (Å²) in [5.41, 5.74) is -1.72. The minimum atomic E-state index is -4.45. The third-order valence-electron chi connectivity index (χ3n) is 7.18. The fourth-order valence-electron chi connectivity index (χ4n) is 4.84. The van der Waals surface area contributed by atoms with Gasteiger partial charge in [0.15, 0.2) is 5.60 Å². The highest BCUT2D eigenvalue weighted by atomic mass is 32.1. The van der Waals surface area contributed by atoms with E-state index in [4.69, 9.17) is 4.74 Å². The molecule has 1 aliphatic heterocycles. The quantitative estimate of drug-likeness (QED) is 0.463. The Morgan fingerprint density at radius 1 is 1.19 bits per heavy atom. The number of ether oxygens (including phenoxy) is 1. The van der Waals surface area contributed by atoms with Gasteiger partial charge in [0, 0.05) is 40.9 Å². The SMILES string of the molecule is CCOC(C)(C(F)(F)F)C1(CCc2cccs2)CCN(C(C)(C)c2ccc(C)nc2)C1. The fourth-order valence-corrected chi connectivity index (χ4v) is 5.54. The molecule has 0 bridgehead atoms. The van der Waals surface area contributed by atoms with Crippen LogP contribution in [0, 0.1) is 12.3 Å². The molecule has 1 fully saturated rings.